The van der Waals surface area contributed by atoms with Gasteiger partial charge in [-0.25, -0.2) is 22.9 Å². The first-order chi connectivity index (χ1) is 17.1. The van der Waals surface area contributed by atoms with Crippen molar-refractivity contribution in [3.63, 3.8) is 0 Å². The number of nitrogen functional groups attached to an aromatic ring is 1. The summed E-state index contributed by atoms with van der Waals surface area (Å²) < 4.78 is 29.9. The second kappa shape index (κ2) is 9.37. The van der Waals surface area contributed by atoms with E-state index in [-0.39, 0.29) is 23.2 Å². The van der Waals surface area contributed by atoms with Gasteiger partial charge in [0.05, 0.1) is 40.2 Å². The van der Waals surface area contributed by atoms with Crippen molar-refractivity contribution < 1.29 is 23.5 Å². The molecule has 1 amide bonds. The van der Waals surface area contributed by atoms with Crippen molar-refractivity contribution in [1.82, 2.24) is 24.4 Å². The summed E-state index contributed by atoms with van der Waals surface area (Å²) in [6.45, 7) is 0. The molecule has 1 unspecified atom stereocenters. The normalized spacial score (nSPS) is 11.9. The number of aliphatic carboxylic acids is 1. The molecular weight excluding hydrogens is 478 g/mol. The average molecular weight is 496 g/mol. The molecule has 0 spiro atoms. The maximum absolute atomic E-state index is 14.0. The Morgan fingerprint density at radius 3 is 2.56 bits per heavy atom. The number of nitrogens with one attached hydrogen (secondary N) is 1. The third-order valence-electron chi connectivity index (χ3n) is 5.49. The summed E-state index contributed by atoms with van der Waals surface area (Å²) in [6, 6.07) is 3.90. The minimum absolute atomic E-state index is 0.137. The number of nitrogens with two attached hydrogens (primary N) is 1. The van der Waals surface area contributed by atoms with Crippen molar-refractivity contribution in [2.75, 3.05) is 5.73 Å². The Morgan fingerprint density at radius 1 is 1.14 bits per heavy atom. The number of carbonyl (C=O) groups is 2. The maximum Gasteiger partial charge on any atom is 0.335 e. The van der Waals surface area contributed by atoms with Crippen LogP contribution < -0.4 is 22.3 Å². The van der Waals surface area contributed by atoms with Gasteiger partial charge in [-0.05, 0) is 24.3 Å². The fourth-order valence-electron chi connectivity index (χ4n) is 3.57. The number of anilines is 1. The summed E-state index contributed by atoms with van der Waals surface area (Å²) >= 11 is 0. The molecule has 36 heavy (non-hydrogen) atoms. The zero-order valence-electron chi connectivity index (χ0n) is 18.6. The SMILES string of the molecule is Cn1c(=O)n(-c2ccc(CC(NC(=O)c3cc(F)c(N)cc3F)C(=O)O)nc2)c(=O)c2ccncc21. The Morgan fingerprint density at radius 2 is 1.89 bits per heavy atom. The fourth-order valence-corrected chi connectivity index (χ4v) is 3.57. The molecule has 0 bridgehead atoms. The number of aryl methyl sites for hydroxylation is 1. The number of carbonyl (C=O) groups excluding carboxylic acids is 1. The summed E-state index contributed by atoms with van der Waals surface area (Å²) in [7, 11) is 1.49. The van der Waals surface area contributed by atoms with E-state index in [9.17, 15) is 33.1 Å². The quantitative estimate of drug-likeness (QED) is 0.330. The van der Waals surface area contributed by atoms with Crippen molar-refractivity contribution in [3.8, 4) is 5.69 Å². The van der Waals surface area contributed by atoms with Crippen molar-refractivity contribution in [2.24, 2.45) is 7.05 Å². The molecule has 0 radical (unpaired) electrons. The van der Waals surface area contributed by atoms with Gasteiger partial charge >= 0.3 is 11.7 Å². The lowest BCUT2D eigenvalue weighted by Crippen LogP contribution is -2.42. The van der Waals surface area contributed by atoms with Crippen LogP contribution in [-0.2, 0) is 18.3 Å². The van der Waals surface area contributed by atoms with E-state index < -0.39 is 52.1 Å². The van der Waals surface area contributed by atoms with Crippen molar-refractivity contribution in [1.29, 1.82) is 0 Å². The Labute approximate surface area is 200 Å². The lowest BCUT2D eigenvalue weighted by molar-refractivity contribution is -0.139. The second-order valence-corrected chi connectivity index (χ2v) is 7.80. The predicted octanol–water partition coefficient (Wildman–Crippen LogP) is 0.765. The number of hydrogen-bond donors (Lipinski definition) is 3. The first kappa shape index (κ1) is 24.2. The highest BCUT2D eigenvalue weighted by Crippen LogP contribution is 2.17. The number of rotatable bonds is 6. The van der Waals surface area contributed by atoms with Crippen LogP contribution in [0.4, 0.5) is 14.5 Å². The summed E-state index contributed by atoms with van der Waals surface area (Å²) in [5.41, 5.74) is 3.50. The summed E-state index contributed by atoms with van der Waals surface area (Å²) in [4.78, 5) is 57.7. The van der Waals surface area contributed by atoms with E-state index in [0.717, 1.165) is 4.57 Å². The molecule has 4 N–H and O–H groups in total. The topological polar surface area (TPSA) is 162 Å². The lowest BCUT2D eigenvalue weighted by atomic mass is 10.1. The van der Waals surface area contributed by atoms with Gasteiger partial charge in [-0.15, -0.1) is 0 Å². The molecule has 0 saturated heterocycles. The number of amides is 1. The number of aromatic nitrogens is 4. The fraction of sp³-hybridized carbons (Fsp3) is 0.130. The highest BCUT2D eigenvalue weighted by Gasteiger charge is 2.24. The second-order valence-electron chi connectivity index (χ2n) is 7.80. The molecule has 3 aromatic heterocycles. The van der Waals surface area contributed by atoms with Gasteiger partial charge < -0.3 is 16.2 Å². The van der Waals surface area contributed by atoms with Crippen molar-refractivity contribution in [3.05, 3.63) is 92.7 Å². The maximum atomic E-state index is 14.0. The third-order valence-corrected chi connectivity index (χ3v) is 5.49. The van der Waals surface area contributed by atoms with E-state index in [2.05, 4.69) is 15.3 Å². The Bertz CT molecular complexity index is 1630. The van der Waals surface area contributed by atoms with Crippen LogP contribution in [0.5, 0.6) is 0 Å². The number of carboxylic acids is 1. The van der Waals surface area contributed by atoms with Crippen LogP contribution in [-0.4, -0.2) is 42.1 Å². The molecule has 1 atom stereocenters. The van der Waals surface area contributed by atoms with Crippen LogP contribution in [0.1, 0.15) is 16.1 Å². The van der Waals surface area contributed by atoms with Crippen LogP contribution in [0, 0.1) is 11.6 Å². The van der Waals surface area contributed by atoms with E-state index in [1.807, 2.05) is 0 Å². The number of carboxylic acid groups (broad SMARTS) is 1. The molecule has 1 aromatic carbocycles. The largest absolute Gasteiger partial charge is 0.480 e. The molecule has 3 heterocycles. The zero-order valence-corrected chi connectivity index (χ0v) is 18.6. The smallest absolute Gasteiger partial charge is 0.335 e. The van der Waals surface area contributed by atoms with E-state index >= 15 is 0 Å². The van der Waals surface area contributed by atoms with Gasteiger partial charge in [-0.3, -0.25) is 24.1 Å². The number of nitrogens with zero attached hydrogens (tertiary/aromatic N) is 4. The number of hydrogen-bond acceptors (Lipinski definition) is 7. The van der Waals surface area contributed by atoms with Crippen LogP contribution in [0.15, 0.2) is 58.5 Å². The van der Waals surface area contributed by atoms with Crippen LogP contribution >= 0.6 is 0 Å². The number of benzene rings is 1. The zero-order chi connectivity index (χ0) is 26.1. The van der Waals surface area contributed by atoms with Crippen molar-refractivity contribution >= 4 is 28.5 Å². The highest BCUT2D eigenvalue weighted by atomic mass is 19.1. The molecule has 13 heteroatoms. The van der Waals surface area contributed by atoms with Gasteiger partial charge in [-0.1, -0.05) is 0 Å². The molecule has 0 aliphatic rings. The first-order valence-corrected chi connectivity index (χ1v) is 10.4. The van der Waals surface area contributed by atoms with Gasteiger partial charge in [0.1, 0.15) is 17.7 Å². The number of pyridine rings is 2. The third kappa shape index (κ3) is 4.41. The molecule has 0 aliphatic heterocycles. The van der Waals surface area contributed by atoms with E-state index in [4.69, 9.17) is 5.73 Å². The molecule has 184 valence electrons. The summed E-state index contributed by atoms with van der Waals surface area (Å²) in [6.07, 6.45) is 3.71. The van der Waals surface area contributed by atoms with Gasteiger partial charge in [0.15, 0.2) is 0 Å². The van der Waals surface area contributed by atoms with Gasteiger partial charge in [-0.2, -0.15) is 0 Å². The molecular formula is C23H18F2N6O5. The monoisotopic (exact) mass is 496 g/mol. The first-order valence-electron chi connectivity index (χ1n) is 10.4. The summed E-state index contributed by atoms with van der Waals surface area (Å²) in [5, 5.41) is 11.9. The van der Waals surface area contributed by atoms with Gasteiger partial charge in [0.25, 0.3) is 11.5 Å². The number of fused-ring (bicyclic) bond motifs is 1. The van der Waals surface area contributed by atoms with Gasteiger partial charge in [0, 0.05) is 31.4 Å². The number of halogens is 2. The standard InChI is InChI=1S/C23H18F2N6O5/c1-30-19-10-27-5-4-13(19)21(33)31(23(30)36)12-3-2-11(28-9-12)6-18(22(34)35)29-20(32)14-7-16(25)17(26)8-15(14)24/h2-5,7-10,18H,6,26H2,1H3,(H,29,32)(H,34,35). The molecule has 0 saturated carbocycles. The lowest BCUT2D eigenvalue weighted by Gasteiger charge is -2.15. The minimum Gasteiger partial charge on any atom is -0.480 e. The van der Waals surface area contributed by atoms with Crippen LogP contribution in [0.25, 0.3) is 16.6 Å². The predicted molar refractivity (Wildman–Crippen MR) is 124 cm³/mol. The molecule has 0 aliphatic carbocycles. The molecule has 4 aromatic rings. The van der Waals surface area contributed by atoms with E-state index in [1.165, 1.54) is 48.4 Å². The highest BCUT2D eigenvalue weighted by molar-refractivity contribution is 5.97. The van der Waals surface area contributed by atoms with Crippen LogP contribution in [0.3, 0.4) is 0 Å². The van der Waals surface area contributed by atoms with Gasteiger partial charge in [0.2, 0.25) is 0 Å². The minimum atomic E-state index is -1.54. The Hall–Kier alpha value is -4.94. The van der Waals surface area contributed by atoms with Crippen LogP contribution in [0.2, 0.25) is 0 Å². The molecule has 11 nitrogen and oxygen atoms in total. The Balaban J connectivity index is 1.60. The summed E-state index contributed by atoms with van der Waals surface area (Å²) in [5.74, 6) is -4.75. The molecule has 0 fully saturated rings. The van der Waals surface area contributed by atoms with E-state index in [0.29, 0.717) is 17.6 Å². The Kier molecular flexibility index (Phi) is 6.29. The molecule has 4 rings (SSSR count). The van der Waals surface area contributed by atoms with Crippen molar-refractivity contribution in [2.45, 2.75) is 12.5 Å². The average Bonchev–Trinajstić information content (AvgIpc) is 2.85. The van der Waals surface area contributed by atoms with E-state index in [1.54, 1.807) is 0 Å².